The molecule has 1 unspecified atom stereocenters. The Kier molecular flexibility index (Phi) is 3.13. The molecule has 1 aliphatic rings. The molecule has 3 nitrogen and oxygen atoms in total. The van der Waals surface area contributed by atoms with E-state index in [1.54, 1.807) is 18.3 Å². The van der Waals surface area contributed by atoms with Gasteiger partial charge in [0.05, 0.1) is 5.75 Å². The van der Waals surface area contributed by atoms with Crippen LogP contribution in [0.15, 0.2) is 11.4 Å². The predicted octanol–water partition coefficient (Wildman–Crippen LogP) is 2.06. The summed E-state index contributed by atoms with van der Waals surface area (Å²) in [5.74, 6) is 0.156. The number of hydrogen-bond acceptors (Lipinski definition) is 3. The third-order valence-corrected chi connectivity index (χ3v) is 5.15. The molecule has 1 aromatic rings. The van der Waals surface area contributed by atoms with Crippen molar-refractivity contribution in [3.8, 4) is 0 Å². The Hall–Kier alpha value is -0.390. The summed E-state index contributed by atoms with van der Waals surface area (Å²) >= 11 is 1.73. The first kappa shape index (κ1) is 11.1. The van der Waals surface area contributed by atoms with Gasteiger partial charge < -0.3 is 0 Å². The zero-order valence-electron chi connectivity index (χ0n) is 8.69. The minimum atomic E-state index is -3.09. The molecule has 0 saturated heterocycles. The fraction of sp³-hybridized carbons (Fsp3) is 0.600. The zero-order chi connectivity index (χ0) is 10.9. The summed E-state index contributed by atoms with van der Waals surface area (Å²) in [4.78, 5) is 1.34. The second-order valence-electron chi connectivity index (χ2n) is 3.77. The first-order chi connectivity index (χ1) is 7.12. The summed E-state index contributed by atoms with van der Waals surface area (Å²) in [6, 6.07) is 2.05. The number of nitrogens with one attached hydrogen (secondary N) is 1. The molecule has 1 aromatic heterocycles. The van der Waals surface area contributed by atoms with Crippen LogP contribution in [-0.4, -0.2) is 14.2 Å². The van der Waals surface area contributed by atoms with Crippen LogP contribution < -0.4 is 4.72 Å². The van der Waals surface area contributed by atoms with Gasteiger partial charge in [-0.2, -0.15) is 0 Å². The maximum atomic E-state index is 11.5. The molecular weight excluding hydrogens is 230 g/mol. The number of fused-ring (bicyclic) bond motifs is 1. The molecule has 1 N–H and O–H groups in total. The maximum absolute atomic E-state index is 11.5. The van der Waals surface area contributed by atoms with Crippen LogP contribution in [0, 0.1) is 0 Å². The molecule has 0 aliphatic heterocycles. The molecule has 0 aromatic carbocycles. The summed E-state index contributed by atoms with van der Waals surface area (Å²) in [6.45, 7) is 1.67. The second-order valence-corrected chi connectivity index (χ2v) is 6.81. The number of sulfonamides is 1. The van der Waals surface area contributed by atoms with E-state index in [9.17, 15) is 8.42 Å². The molecule has 0 spiro atoms. The van der Waals surface area contributed by atoms with Gasteiger partial charge in [0.25, 0.3) is 0 Å². The van der Waals surface area contributed by atoms with Crippen LogP contribution in [0.3, 0.4) is 0 Å². The second kappa shape index (κ2) is 4.23. The van der Waals surface area contributed by atoms with Crippen LogP contribution in [0.1, 0.15) is 36.2 Å². The third-order valence-electron chi connectivity index (χ3n) is 2.75. The van der Waals surface area contributed by atoms with Gasteiger partial charge in [-0.3, -0.25) is 0 Å². The number of hydrogen-bond donors (Lipinski definition) is 1. The quantitative estimate of drug-likeness (QED) is 0.886. The van der Waals surface area contributed by atoms with E-state index in [2.05, 4.69) is 4.72 Å². The van der Waals surface area contributed by atoms with Crippen LogP contribution in [-0.2, 0) is 16.4 Å². The van der Waals surface area contributed by atoms with Gasteiger partial charge in [-0.15, -0.1) is 11.3 Å². The Balaban J connectivity index is 2.20. The molecule has 1 heterocycles. The van der Waals surface area contributed by atoms with Crippen molar-refractivity contribution in [2.75, 3.05) is 5.75 Å². The fourth-order valence-corrected chi connectivity index (χ4v) is 3.74. The van der Waals surface area contributed by atoms with Crippen molar-refractivity contribution in [2.45, 2.75) is 32.2 Å². The molecule has 0 fully saturated rings. The van der Waals surface area contributed by atoms with E-state index in [0.717, 1.165) is 19.3 Å². The first-order valence-electron chi connectivity index (χ1n) is 5.18. The van der Waals surface area contributed by atoms with E-state index < -0.39 is 10.0 Å². The highest BCUT2D eigenvalue weighted by molar-refractivity contribution is 7.89. The summed E-state index contributed by atoms with van der Waals surface area (Å²) in [7, 11) is -3.09. The standard InChI is InChI=1S/C10H15NO2S2/c1-2-15(12,13)11-9-4-3-5-10-8(9)6-7-14-10/h6-7,9,11H,2-5H2,1H3. The van der Waals surface area contributed by atoms with E-state index in [4.69, 9.17) is 0 Å². The smallest absolute Gasteiger partial charge is 0.211 e. The van der Waals surface area contributed by atoms with Crippen LogP contribution >= 0.6 is 11.3 Å². The first-order valence-corrected chi connectivity index (χ1v) is 7.72. The lowest BCUT2D eigenvalue weighted by molar-refractivity contribution is 0.512. The van der Waals surface area contributed by atoms with Crippen LogP contribution in [0.25, 0.3) is 0 Å². The van der Waals surface area contributed by atoms with Crippen LogP contribution in [0.2, 0.25) is 0 Å². The molecule has 0 radical (unpaired) electrons. The lowest BCUT2D eigenvalue weighted by Gasteiger charge is -2.23. The molecule has 0 bridgehead atoms. The Morgan fingerprint density at radius 2 is 2.40 bits per heavy atom. The fourth-order valence-electron chi connectivity index (χ4n) is 1.91. The molecule has 2 rings (SSSR count). The monoisotopic (exact) mass is 245 g/mol. The van der Waals surface area contributed by atoms with Gasteiger partial charge in [-0.05, 0) is 43.2 Å². The Bertz CT molecular complexity index is 436. The average Bonchev–Trinajstić information content (AvgIpc) is 2.66. The normalized spacial score (nSPS) is 21.3. The molecule has 5 heteroatoms. The van der Waals surface area contributed by atoms with Crippen molar-refractivity contribution >= 4 is 21.4 Å². The molecule has 1 aliphatic carbocycles. The molecule has 1 atom stereocenters. The van der Waals surface area contributed by atoms with E-state index in [-0.39, 0.29) is 11.8 Å². The maximum Gasteiger partial charge on any atom is 0.211 e. The Morgan fingerprint density at radius 3 is 3.13 bits per heavy atom. The number of thiophene rings is 1. The van der Waals surface area contributed by atoms with E-state index >= 15 is 0 Å². The van der Waals surface area contributed by atoms with Crippen molar-refractivity contribution < 1.29 is 8.42 Å². The van der Waals surface area contributed by atoms with Crippen molar-refractivity contribution in [3.05, 3.63) is 21.9 Å². The number of rotatable bonds is 3. The average molecular weight is 245 g/mol. The third kappa shape index (κ3) is 2.41. The molecule has 0 saturated carbocycles. The molecule has 0 amide bonds. The van der Waals surface area contributed by atoms with Gasteiger partial charge in [0.2, 0.25) is 10.0 Å². The highest BCUT2D eigenvalue weighted by Gasteiger charge is 2.24. The Morgan fingerprint density at radius 1 is 1.60 bits per heavy atom. The number of aryl methyl sites for hydroxylation is 1. The lowest BCUT2D eigenvalue weighted by atomic mass is 9.95. The van der Waals surface area contributed by atoms with Gasteiger partial charge in [0.15, 0.2) is 0 Å². The minimum absolute atomic E-state index is 0.00458. The van der Waals surface area contributed by atoms with E-state index in [1.807, 2.05) is 11.4 Å². The van der Waals surface area contributed by atoms with Gasteiger partial charge in [0.1, 0.15) is 0 Å². The van der Waals surface area contributed by atoms with Crippen molar-refractivity contribution in [1.82, 2.24) is 4.72 Å². The van der Waals surface area contributed by atoms with Crippen molar-refractivity contribution in [3.63, 3.8) is 0 Å². The van der Waals surface area contributed by atoms with Gasteiger partial charge in [-0.1, -0.05) is 0 Å². The SMILES string of the molecule is CCS(=O)(=O)NC1CCCc2sccc21. The molecule has 84 valence electrons. The van der Waals surface area contributed by atoms with Gasteiger partial charge in [-0.25, -0.2) is 13.1 Å². The summed E-state index contributed by atoms with van der Waals surface area (Å²) < 4.78 is 25.7. The van der Waals surface area contributed by atoms with E-state index in [1.165, 1.54) is 10.4 Å². The highest BCUT2D eigenvalue weighted by Crippen LogP contribution is 2.33. The predicted molar refractivity (Wildman–Crippen MR) is 62.6 cm³/mol. The summed E-state index contributed by atoms with van der Waals surface area (Å²) in [5.41, 5.74) is 1.18. The molecular formula is C10H15NO2S2. The van der Waals surface area contributed by atoms with Crippen LogP contribution in [0.4, 0.5) is 0 Å². The van der Waals surface area contributed by atoms with E-state index in [0.29, 0.717) is 0 Å². The van der Waals surface area contributed by atoms with Crippen molar-refractivity contribution in [2.24, 2.45) is 0 Å². The van der Waals surface area contributed by atoms with Gasteiger partial charge >= 0.3 is 0 Å². The summed E-state index contributed by atoms with van der Waals surface area (Å²) in [6.07, 6.45) is 3.09. The minimum Gasteiger partial charge on any atom is -0.212 e. The molecule has 15 heavy (non-hydrogen) atoms. The Labute approximate surface area is 94.6 Å². The van der Waals surface area contributed by atoms with Crippen molar-refractivity contribution in [1.29, 1.82) is 0 Å². The largest absolute Gasteiger partial charge is 0.212 e. The topological polar surface area (TPSA) is 46.2 Å². The lowest BCUT2D eigenvalue weighted by Crippen LogP contribution is -2.31. The summed E-state index contributed by atoms with van der Waals surface area (Å²) in [5, 5.41) is 2.04. The van der Waals surface area contributed by atoms with Gasteiger partial charge in [0, 0.05) is 10.9 Å². The highest BCUT2D eigenvalue weighted by atomic mass is 32.2. The zero-order valence-corrected chi connectivity index (χ0v) is 10.3. The van der Waals surface area contributed by atoms with Crippen LogP contribution in [0.5, 0.6) is 0 Å².